The normalized spacial score (nSPS) is 10.6. The number of carbonyl (C=O) groups excluding carboxylic acids is 2. The maximum absolute atomic E-state index is 13.4. The molecule has 7 heteroatoms. The molecule has 1 aromatic heterocycles. The van der Waals surface area contributed by atoms with Crippen molar-refractivity contribution in [1.82, 2.24) is 14.7 Å². The van der Waals surface area contributed by atoms with Crippen molar-refractivity contribution in [3.63, 3.8) is 0 Å². The molecule has 0 aliphatic heterocycles. The van der Waals surface area contributed by atoms with E-state index in [9.17, 15) is 14.4 Å². The van der Waals surface area contributed by atoms with Crippen molar-refractivity contribution in [2.24, 2.45) is 0 Å². The third-order valence-corrected chi connectivity index (χ3v) is 5.15. The summed E-state index contributed by atoms with van der Waals surface area (Å²) in [4.78, 5) is 40.8. The molecule has 3 aromatic rings. The van der Waals surface area contributed by atoms with Crippen LogP contribution in [-0.4, -0.2) is 46.3 Å². The third kappa shape index (κ3) is 4.77. The summed E-state index contributed by atoms with van der Waals surface area (Å²) < 4.78 is 6.31. The van der Waals surface area contributed by atoms with Crippen LogP contribution in [0.5, 0.6) is 0 Å². The minimum atomic E-state index is -0.736. The molecule has 0 radical (unpaired) electrons. The van der Waals surface area contributed by atoms with Gasteiger partial charge in [0.15, 0.2) is 0 Å². The zero-order valence-electron chi connectivity index (χ0n) is 18.6. The molecule has 2 aromatic carbocycles. The van der Waals surface area contributed by atoms with Gasteiger partial charge in [-0.2, -0.15) is 5.10 Å². The van der Waals surface area contributed by atoms with Crippen molar-refractivity contribution in [3.05, 3.63) is 76.6 Å². The molecule has 1 heterocycles. The first-order chi connectivity index (χ1) is 15.5. The number of nitrogens with zero attached hydrogens (tertiary/aromatic N) is 3. The van der Waals surface area contributed by atoms with Crippen LogP contribution in [0.3, 0.4) is 0 Å². The van der Waals surface area contributed by atoms with Gasteiger partial charge in [0.05, 0.1) is 12.3 Å². The van der Waals surface area contributed by atoms with E-state index >= 15 is 0 Å². The lowest BCUT2D eigenvalue weighted by Crippen LogP contribution is -2.39. The van der Waals surface area contributed by atoms with Crippen LogP contribution in [0.15, 0.2) is 65.5 Å². The molecule has 0 fully saturated rings. The molecule has 0 atom stereocenters. The van der Waals surface area contributed by atoms with Crippen LogP contribution in [0.4, 0.5) is 0 Å². The molecular weight excluding hydrogens is 406 g/mol. The minimum absolute atomic E-state index is 0.119. The first-order valence-electron chi connectivity index (χ1n) is 10.7. The lowest BCUT2D eigenvalue weighted by molar-refractivity contribution is -0.131. The molecule has 0 aliphatic rings. The van der Waals surface area contributed by atoms with Gasteiger partial charge in [0.2, 0.25) is 5.91 Å². The molecule has 0 bridgehead atoms. The predicted octanol–water partition coefficient (Wildman–Crippen LogP) is 3.62. The minimum Gasteiger partial charge on any atom is -0.462 e. The highest BCUT2D eigenvalue weighted by molar-refractivity contribution is 6.00. The van der Waals surface area contributed by atoms with E-state index in [1.165, 1.54) is 0 Å². The Kier molecular flexibility index (Phi) is 7.54. The van der Waals surface area contributed by atoms with Gasteiger partial charge in [-0.3, -0.25) is 9.59 Å². The van der Waals surface area contributed by atoms with Gasteiger partial charge in [-0.25, -0.2) is 9.48 Å². The van der Waals surface area contributed by atoms with Crippen LogP contribution in [0.1, 0.15) is 31.1 Å². The van der Waals surface area contributed by atoms with Gasteiger partial charge in [0, 0.05) is 24.2 Å². The fraction of sp³-hybridized carbons (Fsp3) is 0.280. The first kappa shape index (κ1) is 22.9. The predicted molar refractivity (Wildman–Crippen MR) is 123 cm³/mol. The largest absolute Gasteiger partial charge is 0.462 e. The molecule has 166 valence electrons. The summed E-state index contributed by atoms with van der Waals surface area (Å²) in [5, 5.41) is 4.56. The molecular formula is C25H27N3O4. The van der Waals surface area contributed by atoms with Gasteiger partial charge in [-0.1, -0.05) is 60.7 Å². The molecule has 0 saturated heterocycles. The van der Waals surface area contributed by atoms with E-state index in [-0.39, 0.29) is 24.6 Å². The number of esters is 1. The van der Waals surface area contributed by atoms with E-state index in [0.717, 1.165) is 10.2 Å². The molecule has 7 nitrogen and oxygen atoms in total. The molecule has 3 rings (SSSR count). The van der Waals surface area contributed by atoms with E-state index < -0.39 is 11.5 Å². The van der Waals surface area contributed by atoms with Crippen LogP contribution < -0.4 is 5.56 Å². The number of hydrogen-bond acceptors (Lipinski definition) is 5. The average Bonchev–Trinajstić information content (AvgIpc) is 2.82. The molecule has 0 N–H and O–H groups in total. The van der Waals surface area contributed by atoms with Crippen LogP contribution in [0.25, 0.3) is 22.4 Å². The van der Waals surface area contributed by atoms with Crippen molar-refractivity contribution < 1.29 is 14.3 Å². The van der Waals surface area contributed by atoms with E-state index in [2.05, 4.69) is 5.10 Å². The molecule has 0 unspecified atom stereocenters. The fourth-order valence-electron chi connectivity index (χ4n) is 3.56. The number of carbonyl (C=O) groups is 2. The highest BCUT2D eigenvalue weighted by Gasteiger charge is 2.27. The maximum atomic E-state index is 13.4. The Hall–Kier alpha value is -3.74. The zero-order valence-corrected chi connectivity index (χ0v) is 18.6. The van der Waals surface area contributed by atoms with Crippen molar-refractivity contribution in [3.8, 4) is 22.4 Å². The van der Waals surface area contributed by atoms with Gasteiger partial charge in [0.25, 0.3) is 5.56 Å². The number of benzene rings is 2. The molecule has 32 heavy (non-hydrogen) atoms. The van der Waals surface area contributed by atoms with Crippen LogP contribution >= 0.6 is 0 Å². The lowest BCUT2D eigenvalue weighted by Gasteiger charge is -2.20. The third-order valence-electron chi connectivity index (χ3n) is 5.15. The highest BCUT2D eigenvalue weighted by atomic mass is 16.5. The molecule has 1 amide bonds. The summed E-state index contributed by atoms with van der Waals surface area (Å²) in [5.74, 6) is -0.981. The highest BCUT2D eigenvalue weighted by Crippen LogP contribution is 2.32. The second kappa shape index (κ2) is 10.5. The Morgan fingerprint density at radius 3 is 2.00 bits per heavy atom. The molecule has 0 aliphatic carbocycles. The lowest BCUT2D eigenvalue weighted by atomic mass is 9.95. The SMILES string of the molecule is CCOC(=O)c1c(-c2ccccc2)c(-c2ccccc2)nn(CC(=O)N(CC)CC)c1=O. The fourth-order valence-corrected chi connectivity index (χ4v) is 3.56. The second-order valence-corrected chi connectivity index (χ2v) is 7.08. The summed E-state index contributed by atoms with van der Waals surface area (Å²) >= 11 is 0. The Morgan fingerprint density at radius 1 is 0.906 bits per heavy atom. The second-order valence-electron chi connectivity index (χ2n) is 7.08. The van der Waals surface area contributed by atoms with E-state index in [4.69, 9.17) is 4.74 Å². The maximum Gasteiger partial charge on any atom is 0.344 e. The molecule has 0 spiro atoms. The quantitative estimate of drug-likeness (QED) is 0.507. The Bertz CT molecular complexity index is 1140. The van der Waals surface area contributed by atoms with Gasteiger partial charge >= 0.3 is 5.97 Å². The number of hydrogen-bond donors (Lipinski definition) is 0. The van der Waals surface area contributed by atoms with Gasteiger partial charge in [-0.05, 0) is 26.3 Å². The number of likely N-dealkylation sites (N-methyl/N-ethyl adjacent to an activating group) is 1. The smallest absolute Gasteiger partial charge is 0.344 e. The van der Waals surface area contributed by atoms with Gasteiger partial charge < -0.3 is 9.64 Å². The van der Waals surface area contributed by atoms with Crippen molar-refractivity contribution in [2.75, 3.05) is 19.7 Å². The summed E-state index contributed by atoms with van der Waals surface area (Å²) in [6.45, 7) is 6.31. The van der Waals surface area contributed by atoms with Crippen molar-refractivity contribution in [1.29, 1.82) is 0 Å². The summed E-state index contributed by atoms with van der Waals surface area (Å²) in [6, 6.07) is 18.4. The average molecular weight is 434 g/mol. The number of ether oxygens (including phenoxy) is 1. The number of aromatic nitrogens is 2. The van der Waals surface area contributed by atoms with Crippen LogP contribution in [0.2, 0.25) is 0 Å². The standard InChI is InChI=1S/C25H27N3O4/c1-4-27(5-2)20(29)17-28-24(30)22(25(31)32-6-3)21(18-13-9-7-10-14-18)23(26-28)19-15-11-8-12-16-19/h7-16H,4-6,17H2,1-3H3. The Morgan fingerprint density at radius 2 is 1.47 bits per heavy atom. The van der Waals surface area contributed by atoms with E-state index in [1.807, 2.05) is 74.5 Å². The van der Waals surface area contributed by atoms with Gasteiger partial charge in [0.1, 0.15) is 12.1 Å². The van der Waals surface area contributed by atoms with E-state index in [0.29, 0.717) is 29.9 Å². The number of amides is 1. The van der Waals surface area contributed by atoms with E-state index in [1.54, 1.807) is 11.8 Å². The van der Waals surface area contributed by atoms with Crippen LogP contribution in [0, 0.1) is 0 Å². The summed E-state index contributed by atoms with van der Waals surface area (Å²) in [7, 11) is 0. The Labute approximate surface area is 187 Å². The number of rotatable bonds is 8. The zero-order chi connectivity index (χ0) is 23.1. The first-order valence-corrected chi connectivity index (χ1v) is 10.7. The van der Waals surface area contributed by atoms with Crippen molar-refractivity contribution in [2.45, 2.75) is 27.3 Å². The topological polar surface area (TPSA) is 81.5 Å². The van der Waals surface area contributed by atoms with Crippen LogP contribution in [-0.2, 0) is 16.1 Å². The summed E-state index contributed by atoms with van der Waals surface area (Å²) in [6.07, 6.45) is 0. The monoisotopic (exact) mass is 433 g/mol. The van der Waals surface area contributed by atoms with Gasteiger partial charge in [-0.15, -0.1) is 0 Å². The van der Waals surface area contributed by atoms with Crippen molar-refractivity contribution >= 4 is 11.9 Å². The Balaban J connectivity index is 2.32. The molecule has 0 saturated carbocycles. The summed E-state index contributed by atoms with van der Waals surface area (Å²) in [5.41, 5.74) is 1.45.